The fourth-order valence-corrected chi connectivity index (χ4v) is 3.77. The molecule has 1 aliphatic heterocycles. The zero-order chi connectivity index (χ0) is 21.2. The van der Waals surface area contributed by atoms with Gasteiger partial charge in [-0.2, -0.15) is 0 Å². The molecule has 0 aromatic carbocycles. The van der Waals surface area contributed by atoms with Crippen molar-refractivity contribution in [3.8, 4) is 0 Å². The summed E-state index contributed by atoms with van der Waals surface area (Å²) >= 11 is 0. The van der Waals surface area contributed by atoms with Crippen molar-refractivity contribution in [2.24, 2.45) is 27.6 Å². The van der Waals surface area contributed by atoms with Crippen LogP contribution in [0.15, 0.2) is 16.6 Å². The number of hydrogen-bond acceptors (Lipinski definition) is 7. The summed E-state index contributed by atoms with van der Waals surface area (Å²) in [5.41, 5.74) is 0.377. The second-order valence-corrected chi connectivity index (χ2v) is 9.00. The first-order valence-electron chi connectivity index (χ1n) is 9.91. The van der Waals surface area contributed by atoms with Gasteiger partial charge in [0.1, 0.15) is 12.0 Å². The number of hydrazone groups is 1. The molecule has 1 atom stereocenters. The van der Waals surface area contributed by atoms with Crippen LogP contribution in [-0.2, 0) is 18.9 Å². The van der Waals surface area contributed by atoms with Gasteiger partial charge in [0.25, 0.3) is 0 Å². The Labute approximate surface area is 168 Å². The van der Waals surface area contributed by atoms with E-state index in [4.69, 9.17) is 25.8 Å². The van der Waals surface area contributed by atoms with Gasteiger partial charge >= 0.3 is 18.9 Å². The fourth-order valence-electron chi connectivity index (χ4n) is 3.77. The summed E-state index contributed by atoms with van der Waals surface area (Å²) in [4.78, 5) is 12.7. The van der Waals surface area contributed by atoms with Crippen LogP contribution in [0.4, 0.5) is 0 Å². The number of hydrazine groups is 1. The molecule has 1 aliphatic carbocycles. The molecule has 0 bridgehead atoms. The van der Waals surface area contributed by atoms with Crippen molar-refractivity contribution in [1.29, 1.82) is 0 Å². The lowest BCUT2D eigenvalue weighted by Gasteiger charge is -2.35. The SMILES string of the molecule is CCOC(=O)C1(CO/C(=N/N)N(C)N)CC=C(B2CC(C)(C)C(C)(C)O2)CC1. The summed E-state index contributed by atoms with van der Waals surface area (Å²) in [6.07, 6.45) is 4.99. The van der Waals surface area contributed by atoms with E-state index in [0.717, 1.165) is 12.7 Å². The van der Waals surface area contributed by atoms with Gasteiger partial charge < -0.3 is 20.0 Å². The number of carbonyl (C=O) groups is 1. The topological polar surface area (TPSA) is 112 Å². The first-order chi connectivity index (χ1) is 13.0. The normalized spacial score (nSPS) is 26.6. The van der Waals surface area contributed by atoms with Crippen molar-refractivity contribution in [1.82, 2.24) is 5.01 Å². The number of ether oxygens (including phenoxy) is 2. The summed E-state index contributed by atoms with van der Waals surface area (Å²) in [5.74, 6) is 10.7. The van der Waals surface area contributed by atoms with E-state index < -0.39 is 5.41 Å². The van der Waals surface area contributed by atoms with Crippen LogP contribution in [0.5, 0.6) is 0 Å². The second-order valence-electron chi connectivity index (χ2n) is 9.00. The molecule has 0 aromatic heterocycles. The quantitative estimate of drug-likeness (QED) is 0.183. The molecule has 1 fully saturated rings. The van der Waals surface area contributed by atoms with Gasteiger partial charge in [-0.25, -0.2) is 5.84 Å². The van der Waals surface area contributed by atoms with Crippen molar-refractivity contribution in [2.75, 3.05) is 20.3 Å². The predicted molar refractivity (Wildman–Crippen MR) is 110 cm³/mol. The number of rotatable bonds is 5. The number of allylic oxidation sites excluding steroid dienone is 2. The van der Waals surface area contributed by atoms with Crippen molar-refractivity contribution in [3.05, 3.63) is 11.5 Å². The van der Waals surface area contributed by atoms with Gasteiger partial charge in [0.05, 0.1) is 12.2 Å². The van der Waals surface area contributed by atoms with Gasteiger partial charge in [-0.1, -0.05) is 25.4 Å². The van der Waals surface area contributed by atoms with Crippen LogP contribution in [0.25, 0.3) is 0 Å². The number of amidine groups is 1. The number of nitrogens with zero attached hydrogens (tertiary/aromatic N) is 2. The molecule has 0 amide bonds. The maximum atomic E-state index is 12.7. The molecule has 1 heterocycles. The van der Waals surface area contributed by atoms with Crippen molar-refractivity contribution >= 4 is 18.9 Å². The van der Waals surface area contributed by atoms with E-state index in [9.17, 15) is 4.79 Å². The second kappa shape index (κ2) is 8.33. The average Bonchev–Trinajstić information content (AvgIpc) is 2.83. The van der Waals surface area contributed by atoms with Crippen LogP contribution < -0.4 is 11.7 Å². The number of carbonyl (C=O) groups excluding carboxylic acids is 1. The number of nitrogens with two attached hydrogens (primary N) is 2. The minimum atomic E-state index is -0.783. The van der Waals surface area contributed by atoms with Gasteiger partial charge in [0.2, 0.25) is 0 Å². The van der Waals surface area contributed by atoms with E-state index in [-0.39, 0.29) is 36.5 Å². The number of hydrogen-bond donors (Lipinski definition) is 2. The highest BCUT2D eigenvalue weighted by Crippen LogP contribution is 2.49. The van der Waals surface area contributed by atoms with Crippen LogP contribution >= 0.6 is 0 Å². The Morgan fingerprint density at radius 2 is 2.04 bits per heavy atom. The maximum absolute atomic E-state index is 12.7. The van der Waals surface area contributed by atoms with E-state index in [2.05, 4.69) is 38.9 Å². The van der Waals surface area contributed by atoms with E-state index in [0.29, 0.717) is 19.4 Å². The van der Waals surface area contributed by atoms with Gasteiger partial charge in [-0.15, -0.1) is 5.10 Å². The molecular weight excluding hydrogens is 359 g/mol. The molecule has 0 aromatic rings. The maximum Gasteiger partial charge on any atom is 0.323 e. The summed E-state index contributed by atoms with van der Waals surface area (Å²) in [6, 6.07) is 0.0704. The predicted octanol–water partition coefficient (Wildman–Crippen LogP) is 2.06. The number of esters is 1. The zero-order valence-corrected chi connectivity index (χ0v) is 18.1. The van der Waals surface area contributed by atoms with E-state index in [1.807, 2.05) is 0 Å². The van der Waals surface area contributed by atoms with Crippen LogP contribution in [-0.4, -0.2) is 49.8 Å². The minimum absolute atomic E-state index is 0.0704. The van der Waals surface area contributed by atoms with E-state index in [1.165, 1.54) is 10.5 Å². The molecule has 1 unspecified atom stereocenters. The van der Waals surface area contributed by atoms with Crippen molar-refractivity contribution in [2.45, 2.75) is 65.8 Å². The molecule has 2 rings (SSSR count). The van der Waals surface area contributed by atoms with Gasteiger partial charge in [-0.3, -0.25) is 9.80 Å². The van der Waals surface area contributed by atoms with E-state index in [1.54, 1.807) is 14.0 Å². The Morgan fingerprint density at radius 3 is 2.46 bits per heavy atom. The highest BCUT2D eigenvalue weighted by Gasteiger charge is 2.52. The molecule has 9 heteroatoms. The van der Waals surface area contributed by atoms with Crippen LogP contribution in [0, 0.1) is 10.8 Å². The Kier molecular flexibility index (Phi) is 6.71. The molecule has 1 saturated heterocycles. The lowest BCUT2D eigenvalue weighted by Crippen LogP contribution is -2.43. The molecule has 2 aliphatic rings. The van der Waals surface area contributed by atoms with Crippen molar-refractivity contribution < 1.29 is 18.9 Å². The first kappa shape index (κ1) is 22.6. The molecule has 4 N–H and O–H groups in total. The fraction of sp³-hybridized carbons (Fsp3) is 0.789. The molecule has 0 radical (unpaired) electrons. The van der Waals surface area contributed by atoms with Crippen LogP contribution in [0.2, 0.25) is 6.32 Å². The third-order valence-electron chi connectivity index (χ3n) is 6.42. The van der Waals surface area contributed by atoms with Crippen LogP contribution in [0.1, 0.15) is 53.9 Å². The Morgan fingerprint density at radius 1 is 1.36 bits per heavy atom. The summed E-state index contributed by atoms with van der Waals surface area (Å²) in [7, 11) is 1.57. The molecule has 158 valence electrons. The first-order valence-corrected chi connectivity index (χ1v) is 9.91. The summed E-state index contributed by atoms with van der Waals surface area (Å²) in [6.45, 7) is 11.1. The highest BCUT2D eigenvalue weighted by atomic mass is 16.5. The molecule has 0 spiro atoms. The molecule has 0 saturated carbocycles. The Balaban J connectivity index is 2.16. The highest BCUT2D eigenvalue weighted by molar-refractivity contribution is 6.61. The largest absolute Gasteiger partial charge is 0.465 e. The monoisotopic (exact) mass is 394 g/mol. The summed E-state index contributed by atoms with van der Waals surface area (Å²) < 4.78 is 17.3. The van der Waals surface area contributed by atoms with Crippen molar-refractivity contribution in [3.63, 3.8) is 0 Å². The van der Waals surface area contributed by atoms with Crippen LogP contribution in [0.3, 0.4) is 0 Å². The summed E-state index contributed by atoms with van der Waals surface area (Å²) in [5, 5.41) is 4.71. The molecular formula is C19H35BN4O4. The average molecular weight is 394 g/mol. The third-order valence-corrected chi connectivity index (χ3v) is 6.42. The smallest absolute Gasteiger partial charge is 0.323 e. The third kappa shape index (κ3) is 4.46. The van der Waals surface area contributed by atoms with Gasteiger partial charge in [0.15, 0.2) is 0 Å². The van der Waals surface area contributed by atoms with E-state index >= 15 is 0 Å². The lowest BCUT2D eigenvalue weighted by atomic mass is 9.50. The minimum Gasteiger partial charge on any atom is -0.465 e. The van der Waals surface area contributed by atoms with Gasteiger partial charge in [-0.05, 0) is 51.8 Å². The zero-order valence-electron chi connectivity index (χ0n) is 18.1. The molecule has 8 nitrogen and oxygen atoms in total. The lowest BCUT2D eigenvalue weighted by molar-refractivity contribution is -0.158. The standard InChI is InChI=1S/C19H35BN4O4/c1-7-26-15(25)19(13-27-16(23-21)24(6)22)10-8-14(9-11-19)20-12-17(2,3)18(4,5)28-20/h8H,7,9-13,21-22H2,1-6H3/b23-16+. The Bertz CT molecular complexity index is 632. The van der Waals surface area contributed by atoms with Gasteiger partial charge in [0, 0.05) is 7.05 Å². The molecule has 28 heavy (non-hydrogen) atoms. The Hall–Kier alpha value is -1.74.